The number of alkyl halides is 8. The number of benzene rings is 2. The molecule has 0 amide bonds. The van der Waals surface area contributed by atoms with Crippen LogP contribution in [0.5, 0.6) is 11.5 Å². The zero-order chi connectivity index (χ0) is 52.1. The number of rotatable bonds is 20. The predicted octanol–water partition coefficient (Wildman–Crippen LogP) is 11.3. The zero-order valence-corrected chi connectivity index (χ0v) is 42.6. The van der Waals surface area contributed by atoms with Gasteiger partial charge >= 0.3 is 24.1 Å². The standard InChI is InChI=1S/C23H29F3N6O3.C19H23F3N6O3.C4H8Br2/c24-23(25,26)35-20-6-2-1-5-17(20)14-28-22-29-15-19(32(33)34)21(30-22)27-13-16-7-9-18(10-8-16)31-11-3-4-12-31;20-19(21,22)31-16-4-2-1-3-13(16)10-25-18-26-11-15(28(29)30)17(27-18)24-9-12-5-7-14(23)8-6-12;5-3-1-2-4-6/h1-2,5-6,15-16,18H,3-4,7-14H2,(H2,27,28,29,30);1-4,11-12,14H,5-10,23H2,(H2,24,25,26,27);1-4H2. The second kappa shape index (κ2) is 28.8. The number of halogens is 8. The minimum absolute atomic E-state index is 0.0422. The number of nitrogens with zero attached hydrogens (tertiary/aromatic N) is 7. The highest BCUT2D eigenvalue weighted by Gasteiger charge is 2.33. The summed E-state index contributed by atoms with van der Waals surface area (Å²) in [5.41, 5.74) is 5.85. The molecule has 0 radical (unpaired) electrons. The Kier molecular flexibility index (Phi) is 23.0. The van der Waals surface area contributed by atoms with Crippen molar-refractivity contribution in [3.8, 4) is 11.5 Å². The summed E-state index contributed by atoms with van der Waals surface area (Å²) in [7, 11) is 0. The molecule has 0 atom stereocenters. The monoisotopic (exact) mass is 1150 g/mol. The van der Waals surface area contributed by atoms with E-state index < -0.39 is 22.6 Å². The van der Waals surface area contributed by atoms with Crippen LogP contribution in [0.15, 0.2) is 60.9 Å². The van der Waals surface area contributed by atoms with Gasteiger partial charge in [-0.25, -0.2) is 9.97 Å². The van der Waals surface area contributed by atoms with E-state index in [9.17, 15) is 46.6 Å². The van der Waals surface area contributed by atoms with Crippen molar-refractivity contribution in [2.24, 2.45) is 17.6 Å². The number of nitrogens with two attached hydrogens (primary N) is 1. The van der Waals surface area contributed by atoms with Crippen molar-refractivity contribution >= 4 is 66.8 Å². The van der Waals surface area contributed by atoms with Crippen LogP contribution in [0.4, 0.5) is 61.2 Å². The largest absolute Gasteiger partial charge is 0.573 e. The molecule has 2 aromatic carbocycles. The first-order valence-corrected chi connectivity index (χ1v) is 25.9. The summed E-state index contributed by atoms with van der Waals surface area (Å²) in [6, 6.07) is 12.2. The van der Waals surface area contributed by atoms with Gasteiger partial charge in [-0.15, -0.1) is 26.3 Å². The Hall–Kier alpha value is -5.34. The molecular formula is C46H60Br2F6N12O6. The molecule has 0 spiro atoms. The van der Waals surface area contributed by atoms with E-state index in [1.807, 2.05) is 0 Å². The minimum Gasteiger partial charge on any atom is -0.405 e. The number of unbranched alkanes of at least 4 members (excludes halogenated alkanes) is 1. The fourth-order valence-electron chi connectivity index (χ4n) is 8.43. The van der Waals surface area contributed by atoms with E-state index in [1.54, 1.807) is 12.1 Å². The maximum absolute atomic E-state index is 12.7. The van der Waals surface area contributed by atoms with Crippen molar-refractivity contribution in [3.05, 3.63) is 92.3 Å². The molecule has 2 saturated carbocycles. The molecule has 1 saturated heterocycles. The summed E-state index contributed by atoms with van der Waals surface area (Å²) < 4.78 is 83.7. The van der Waals surface area contributed by atoms with Crippen LogP contribution < -0.4 is 36.5 Å². The lowest BCUT2D eigenvalue weighted by atomic mass is 9.85. The van der Waals surface area contributed by atoms with Gasteiger partial charge in [0.15, 0.2) is 0 Å². The van der Waals surface area contributed by atoms with E-state index in [1.165, 1.54) is 75.2 Å². The van der Waals surface area contributed by atoms with E-state index in [4.69, 9.17) is 5.73 Å². The molecule has 7 rings (SSSR count). The van der Waals surface area contributed by atoms with Gasteiger partial charge in [-0.2, -0.15) is 9.97 Å². The highest BCUT2D eigenvalue weighted by molar-refractivity contribution is 9.09. The number of aromatic nitrogens is 4. The average Bonchev–Trinajstić information content (AvgIpc) is 3.89. The smallest absolute Gasteiger partial charge is 0.405 e. The molecule has 3 heterocycles. The van der Waals surface area contributed by atoms with Crippen LogP contribution in [-0.2, 0) is 13.1 Å². The van der Waals surface area contributed by atoms with Gasteiger partial charge in [0, 0.05) is 60.0 Å². The van der Waals surface area contributed by atoms with Crippen molar-refractivity contribution in [1.82, 2.24) is 24.8 Å². The van der Waals surface area contributed by atoms with E-state index in [0.29, 0.717) is 31.0 Å². The Bertz CT molecular complexity index is 2300. The quantitative estimate of drug-likeness (QED) is 0.0182. The van der Waals surface area contributed by atoms with Gasteiger partial charge in [-0.1, -0.05) is 68.3 Å². The molecule has 72 heavy (non-hydrogen) atoms. The molecule has 3 fully saturated rings. The SMILES string of the molecule is BrCCCCBr.NC1CCC(CNc2nc(NCc3ccccc3OC(F)(F)F)ncc2[N+](=O)[O-])CC1.O=[N+]([O-])c1cnc(NCc2ccccc2OC(F)(F)F)nc1NCC1CCC(N2CCCC2)CC1. The highest BCUT2D eigenvalue weighted by Crippen LogP contribution is 2.33. The third-order valence-corrected chi connectivity index (χ3v) is 13.3. The lowest BCUT2D eigenvalue weighted by Crippen LogP contribution is -2.37. The summed E-state index contributed by atoms with van der Waals surface area (Å²) >= 11 is 6.66. The van der Waals surface area contributed by atoms with Crippen molar-refractivity contribution in [2.75, 3.05) is 58.1 Å². The fraction of sp³-hybridized carbons (Fsp3) is 0.565. The lowest BCUT2D eigenvalue weighted by Gasteiger charge is -2.34. The molecule has 18 nitrogen and oxygen atoms in total. The van der Waals surface area contributed by atoms with Crippen molar-refractivity contribution in [3.63, 3.8) is 0 Å². The van der Waals surface area contributed by atoms with Gasteiger partial charge in [0.2, 0.25) is 23.5 Å². The molecule has 2 aliphatic carbocycles. The number of hydrogen-bond acceptors (Lipinski definition) is 16. The fourth-order valence-corrected chi connectivity index (χ4v) is 9.22. The number of nitro groups is 2. The van der Waals surface area contributed by atoms with E-state index in [-0.39, 0.29) is 76.7 Å². The molecule has 6 N–H and O–H groups in total. The molecule has 2 aromatic heterocycles. The topological polar surface area (TPSA) is 234 Å². The van der Waals surface area contributed by atoms with E-state index >= 15 is 0 Å². The van der Waals surface area contributed by atoms with Crippen LogP contribution in [0.25, 0.3) is 0 Å². The summed E-state index contributed by atoms with van der Waals surface area (Å²) in [5, 5.41) is 36.8. The molecule has 1 aliphatic heterocycles. The zero-order valence-electron chi connectivity index (χ0n) is 39.4. The normalized spacial score (nSPS) is 19.1. The van der Waals surface area contributed by atoms with Crippen molar-refractivity contribution in [1.29, 1.82) is 0 Å². The number of likely N-dealkylation sites (tertiary alicyclic amines) is 1. The van der Waals surface area contributed by atoms with Crippen LogP contribution in [0, 0.1) is 32.1 Å². The molecule has 396 valence electrons. The second-order valence-corrected chi connectivity index (χ2v) is 19.0. The molecular weight excluding hydrogens is 1090 g/mol. The third-order valence-electron chi connectivity index (χ3n) is 12.2. The number of ether oxygens (including phenoxy) is 2. The van der Waals surface area contributed by atoms with Gasteiger partial charge in [-0.05, 0) is 114 Å². The summed E-state index contributed by atoms with van der Waals surface area (Å²) in [6.45, 7) is 3.32. The van der Waals surface area contributed by atoms with Gasteiger partial charge in [0.05, 0.1) is 9.85 Å². The van der Waals surface area contributed by atoms with Gasteiger partial charge < -0.3 is 41.4 Å². The summed E-state index contributed by atoms with van der Waals surface area (Å²) in [4.78, 5) is 40.5. The molecule has 4 aromatic rings. The first kappa shape index (κ1) is 57.6. The molecule has 0 unspecified atom stereocenters. The second-order valence-electron chi connectivity index (χ2n) is 17.4. The van der Waals surface area contributed by atoms with Crippen LogP contribution >= 0.6 is 31.9 Å². The van der Waals surface area contributed by atoms with E-state index in [0.717, 1.165) is 74.4 Å². The molecule has 3 aliphatic rings. The van der Waals surface area contributed by atoms with Crippen LogP contribution in [0.1, 0.15) is 88.2 Å². The van der Waals surface area contributed by atoms with Gasteiger partial charge in [-0.3, -0.25) is 20.2 Å². The Morgan fingerprint density at radius 1 is 0.639 bits per heavy atom. The summed E-state index contributed by atoms with van der Waals surface area (Å²) in [5.74, 6) is 0.295. The average molecular weight is 1150 g/mol. The Balaban J connectivity index is 0.000000242. The van der Waals surface area contributed by atoms with Crippen LogP contribution in [0.2, 0.25) is 0 Å². The highest BCUT2D eigenvalue weighted by atomic mass is 79.9. The maximum Gasteiger partial charge on any atom is 0.573 e. The first-order chi connectivity index (χ1) is 34.4. The molecule has 0 bridgehead atoms. The number of anilines is 4. The van der Waals surface area contributed by atoms with E-state index in [2.05, 4.69) is 87.4 Å². The minimum atomic E-state index is -4.82. The lowest BCUT2D eigenvalue weighted by molar-refractivity contribution is -0.384. The first-order valence-electron chi connectivity index (χ1n) is 23.7. The van der Waals surface area contributed by atoms with Crippen molar-refractivity contribution < 1.29 is 45.7 Å². The van der Waals surface area contributed by atoms with Crippen LogP contribution in [0.3, 0.4) is 0 Å². The third kappa shape index (κ3) is 19.9. The number of nitrogens with one attached hydrogen (secondary N) is 4. The molecule has 26 heteroatoms. The maximum atomic E-state index is 12.7. The van der Waals surface area contributed by atoms with Gasteiger partial charge in [0.1, 0.15) is 23.9 Å². The Morgan fingerprint density at radius 3 is 1.43 bits per heavy atom. The Morgan fingerprint density at radius 2 is 1.04 bits per heavy atom. The number of hydrogen-bond donors (Lipinski definition) is 5. The van der Waals surface area contributed by atoms with Gasteiger partial charge in [0.25, 0.3) is 0 Å². The van der Waals surface area contributed by atoms with Crippen molar-refractivity contribution in [2.45, 2.75) is 115 Å². The van der Waals surface area contributed by atoms with Crippen LogP contribution in [-0.4, -0.2) is 96.3 Å². The number of para-hydroxylation sites is 2. The summed E-state index contributed by atoms with van der Waals surface area (Å²) in [6.07, 6.45) is 5.66. The Labute approximate surface area is 430 Å². The predicted molar refractivity (Wildman–Crippen MR) is 269 cm³/mol.